The van der Waals surface area contributed by atoms with Gasteiger partial charge >= 0.3 is 0 Å². The maximum atomic E-state index is 14.3. The van der Waals surface area contributed by atoms with Crippen LogP contribution in [0, 0.1) is 17.1 Å². The third kappa shape index (κ3) is 2.78. The molecule has 4 atom stereocenters. The van der Waals surface area contributed by atoms with Gasteiger partial charge in [-0.1, -0.05) is 24.3 Å². The lowest BCUT2D eigenvalue weighted by Gasteiger charge is -2.41. The van der Waals surface area contributed by atoms with Crippen molar-refractivity contribution in [1.29, 1.82) is 5.26 Å². The van der Waals surface area contributed by atoms with Crippen molar-refractivity contribution in [3.05, 3.63) is 88.7 Å². The normalized spacial score (nSPS) is 27.3. The number of hydrogen-bond donors (Lipinski definition) is 2. The van der Waals surface area contributed by atoms with Gasteiger partial charge in [-0.05, 0) is 41.8 Å². The molecule has 0 saturated heterocycles. The molecule has 1 saturated carbocycles. The Morgan fingerprint density at radius 2 is 1.88 bits per heavy atom. The molecule has 7 heteroatoms. The number of rotatable bonds is 4. The van der Waals surface area contributed by atoms with Crippen LogP contribution in [-0.4, -0.2) is 25.4 Å². The Kier molecular flexibility index (Phi) is 4.82. The molecule has 6 nitrogen and oxygen atoms in total. The van der Waals surface area contributed by atoms with E-state index in [1.807, 2.05) is 6.07 Å². The summed E-state index contributed by atoms with van der Waals surface area (Å²) < 4.78 is 31.9. The van der Waals surface area contributed by atoms with E-state index in [9.17, 15) is 14.8 Å². The number of nitrogens with zero attached hydrogens (tertiary/aromatic N) is 1. The zero-order valence-corrected chi connectivity index (χ0v) is 18.2. The van der Waals surface area contributed by atoms with Crippen LogP contribution in [0.5, 0.6) is 17.2 Å². The van der Waals surface area contributed by atoms with Crippen LogP contribution in [0.4, 0.5) is 4.39 Å². The highest BCUT2D eigenvalue weighted by molar-refractivity contribution is 5.62. The molecule has 3 aromatic carbocycles. The molecule has 3 aromatic rings. The summed E-state index contributed by atoms with van der Waals surface area (Å²) >= 11 is 0. The van der Waals surface area contributed by atoms with E-state index in [1.165, 1.54) is 26.4 Å². The monoisotopic (exact) mass is 446 g/mol. The van der Waals surface area contributed by atoms with Crippen molar-refractivity contribution in [3.63, 3.8) is 0 Å². The Labute approximate surface area is 190 Å². The minimum atomic E-state index is -1.69. The first-order valence-corrected chi connectivity index (χ1v) is 10.6. The van der Waals surface area contributed by atoms with Crippen molar-refractivity contribution in [2.24, 2.45) is 5.73 Å². The van der Waals surface area contributed by atoms with Crippen LogP contribution < -0.4 is 19.9 Å². The molecule has 5 rings (SSSR count). The van der Waals surface area contributed by atoms with Crippen molar-refractivity contribution in [2.45, 2.75) is 29.6 Å². The van der Waals surface area contributed by atoms with Crippen LogP contribution in [0.2, 0.25) is 0 Å². The number of nitriles is 1. The second kappa shape index (κ2) is 7.48. The van der Waals surface area contributed by atoms with Gasteiger partial charge in [0.1, 0.15) is 23.1 Å². The summed E-state index contributed by atoms with van der Waals surface area (Å²) in [6, 6.07) is 17.8. The first-order chi connectivity index (χ1) is 15.9. The van der Waals surface area contributed by atoms with Crippen LogP contribution in [0.3, 0.4) is 0 Å². The number of nitrogens with two attached hydrogens (primary N) is 1. The maximum Gasteiger partial charge on any atom is 0.175 e. The van der Waals surface area contributed by atoms with Crippen molar-refractivity contribution < 1.29 is 23.7 Å². The number of hydrogen-bond acceptors (Lipinski definition) is 6. The molecule has 0 aromatic heterocycles. The van der Waals surface area contributed by atoms with E-state index in [0.29, 0.717) is 45.9 Å². The third-order valence-corrected chi connectivity index (χ3v) is 6.92. The molecule has 0 bridgehead atoms. The van der Waals surface area contributed by atoms with Crippen LogP contribution in [0.25, 0.3) is 0 Å². The Balaban J connectivity index is 1.82. The van der Waals surface area contributed by atoms with Crippen LogP contribution in [0.15, 0.2) is 60.7 Å². The minimum absolute atomic E-state index is 0.342. The van der Waals surface area contributed by atoms with Gasteiger partial charge in [0.25, 0.3) is 0 Å². The molecule has 4 unspecified atom stereocenters. The van der Waals surface area contributed by atoms with Crippen LogP contribution in [0.1, 0.15) is 34.6 Å². The number of methoxy groups -OCH3 is 2. The largest absolute Gasteiger partial charge is 0.496 e. The predicted molar refractivity (Wildman–Crippen MR) is 119 cm³/mol. The summed E-state index contributed by atoms with van der Waals surface area (Å²) in [5.74, 6) is 0.401. The highest BCUT2D eigenvalue weighted by Gasteiger charge is 2.72. The first-order valence-electron chi connectivity index (χ1n) is 10.6. The number of ether oxygens (including phenoxy) is 3. The molecule has 1 aliphatic carbocycles. The molecule has 0 amide bonds. The molecule has 1 fully saturated rings. The van der Waals surface area contributed by atoms with Crippen molar-refractivity contribution in [2.75, 3.05) is 14.2 Å². The van der Waals surface area contributed by atoms with Gasteiger partial charge in [0.05, 0.1) is 31.4 Å². The molecule has 1 aliphatic heterocycles. The third-order valence-electron chi connectivity index (χ3n) is 6.92. The fourth-order valence-electron chi connectivity index (χ4n) is 5.49. The van der Waals surface area contributed by atoms with Gasteiger partial charge in [-0.15, -0.1) is 0 Å². The van der Waals surface area contributed by atoms with Gasteiger partial charge in [-0.25, -0.2) is 4.39 Å². The molecular weight excluding hydrogens is 423 g/mol. The van der Waals surface area contributed by atoms with Crippen molar-refractivity contribution in [3.8, 4) is 23.3 Å². The lowest BCUT2D eigenvalue weighted by molar-refractivity contribution is -0.113. The van der Waals surface area contributed by atoms with Crippen LogP contribution in [-0.2, 0) is 11.2 Å². The molecule has 3 N–H and O–H groups in total. The summed E-state index contributed by atoms with van der Waals surface area (Å²) in [7, 11) is 3.04. The van der Waals surface area contributed by atoms with Gasteiger partial charge in [0, 0.05) is 24.1 Å². The predicted octanol–water partition coefficient (Wildman–Crippen LogP) is 3.70. The molecule has 0 radical (unpaired) electrons. The Bertz CT molecular complexity index is 1270. The molecule has 168 valence electrons. The number of halogens is 1. The van der Waals surface area contributed by atoms with Gasteiger partial charge in [-0.3, -0.25) is 0 Å². The molecule has 33 heavy (non-hydrogen) atoms. The van der Waals surface area contributed by atoms with E-state index in [1.54, 1.807) is 42.5 Å². The number of aliphatic hydroxyl groups is 1. The highest BCUT2D eigenvalue weighted by atomic mass is 19.1. The van der Waals surface area contributed by atoms with Crippen molar-refractivity contribution >= 4 is 0 Å². The summed E-state index contributed by atoms with van der Waals surface area (Å²) in [5, 5.41) is 21.7. The van der Waals surface area contributed by atoms with E-state index in [-0.39, 0.29) is 5.82 Å². The number of fused-ring (bicyclic) bond motifs is 3. The SMILES string of the molecule is COc1cc(OC)c2c(c1)OC1(c3ccc(C#N)cc3)C(c3cccc(F)c3)CC(N)C21O. The second-order valence-corrected chi connectivity index (χ2v) is 8.45. The lowest BCUT2D eigenvalue weighted by Crippen LogP contribution is -2.54. The van der Waals surface area contributed by atoms with E-state index in [2.05, 4.69) is 6.07 Å². The Hall–Kier alpha value is -3.60. The van der Waals surface area contributed by atoms with E-state index in [0.717, 1.165) is 0 Å². The number of benzene rings is 3. The Morgan fingerprint density at radius 1 is 1.12 bits per heavy atom. The summed E-state index contributed by atoms with van der Waals surface area (Å²) in [4.78, 5) is 0. The summed E-state index contributed by atoms with van der Waals surface area (Å²) in [6.45, 7) is 0. The fourth-order valence-corrected chi connectivity index (χ4v) is 5.49. The minimum Gasteiger partial charge on any atom is -0.496 e. The lowest BCUT2D eigenvalue weighted by atomic mass is 9.71. The van der Waals surface area contributed by atoms with E-state index < -0.39 is 23.2 Å². The van der Waals surface area contributed by atoms with Gasteiger partial charge in [0.2, 0.25) is 0 Å². The molecule has 0 spiro atoms. The standard InChI is InChI=1S/C26H23FN2O4/c1-31-19-11-21(32-2)24-22(12-19)33-26(17-8-6-15(14-28)7-9-17)20(13-23(29)25(24,26)30)16-4-3-5-18(27)10-16/h3-12,20,23,30H,13,29H2,1-2H3. The first kappa shape index (κ1) is 21.3. The summed E-state index contributed by atoms with van der Waals surface area (Å²) in [5.41, 5.74) is 5.76. The molecule has 1 heterocycles. The van der Waals surface area contributed by atoms with Gasteiger partial charge in [0.15, 0.2) is 11.2 Å². The second-order valence-electron chi connectivity index (χ2n) is 8.45. The topological polar surface area (TPSA) is 97.7 Å². The zero-order chi connectivity index (χ0) is 23.4. The smallest absolute Gasteiger partial charge is 0.175 e. The summed E-state index contributed by atoms with van der Waals surface area (Å²) in [6.07, 6.45) is 0.342. The van der Waals surface area contributed by atoms with Crippen molar-refractivity contribution in [1.82, 2.24) is 0 Å². The maximum absolute atomic E-state index is 14.3. The van der Waals surface area contributed by atoms with Gasteiger partial charge < -0.3 is 25.1 Å². The molecular formula is C26H23FN2O4. The fraction of sp³-hybridized carbons (Fsp3) is 0.269. The Morgan fingerprint density at radius 3 is 2.52 bits per heavy atom. The quantitative estimate of drug-likeness (QED) is 0.634. The van der Waals surface area contributed by atoms with E-state index >= 15 is 0 Å². The zero-order valence-electron chi connectivity index (χ0n) is 18.2. The van der Waals surface area contributed by atoms with E-state index in [4.69, 9.17) is 19.9 Å². The molecule has 2 aliphatic rings. The average molecular weight is 446 g/mol. The van der Waals surface area contributed by atoms with Crippen LogP contribution >= 0.6 is 0 Å². The van der Waals surface area contributed by atoms with Gasteiger partial charge in [-0.2, -0.15) is 5.26 Å². The highest BCUT2D eigenvalue weighted by Crippen LogP contribution is 2.68. The average Bonchev–Trinajstić information content (AvgIpc) is 3.23.